The number of ether oxygens (including phenoxy) is 2. The molecule has 1 aliphatic heterocycles. The van der Waals surface area contributed by atoms with Crippen LogP contribution in [0.2, 0.25) is 0 Å². The third kappa shape index (κ3) is 2.55. The molecular weight excluding hydrogens is 268 g/mol. The van der Waals surface area contributed by atoms with Gasteiger partial charge in [0.1, 0.15) is 23.3 Å². The number of benzene rings is 2. The fourth-order valence-corrected chi connectivity index (χ4v) is 2.37. The molecule has 0 radical (unpaired) electrons. The van der Waals surface area contributed by atoms with E-state index in [2.05, 4.69) is 10.6 Å². The largest absolute Gasteiger partial charge is 0.497 e. The van der Waals surface area contributed by atoms with Crippen molar-refractivity contribution < 1.29 is 14.3 Å². The first-order valence-corrected chi connectivity index (χ1v) is 6.65. The molecule has 1 unspecified atom stereocenters. The average molecular weight is 284 g/mol. The predicted octanol–water partition coefficient (Wildman–Crippen LogP) is 2.70. The highest BCUT2D eigenvalue weighted by molar-refractivity contribution is 6.02. The molecule has 0 spiro atoms. The first-order chi connectivity index (χ1) is 10.2. The van der Waals surface area contributed by atoms with E-state index in [1.54, 1.807) is 14.2 Å². The number of anilines is 1. The molecule has 5 heteroatoms. The summed E-state index contributed by atoms with van der Waals surface area (Å²) in [5.74, 6) is 2.12. The highest BCUT2D eigenvalue weighted by Crippen LogP contribution is 2.35. The number of nitrogens with one attached hydrogen (secondary N) is 2. The van der Waals surface area contributed by atoms with Gasteiger partial charge in [-0.2, -0.15) is 0 Å². The van der Waals surface area contributed by atoms with Crippen molar-refractivity contribution in [2.75, 3.05) is 19.5 Å². The number of amides is 1. The number of carbonyl (C=O) groups is 1. The summed E-state index contributed by atoms with van der Waals surface area (Å²) >= 11 is 0. The van der Waals surface area contributed by atoms with Gasteiger partial charge < -0.3 is 20.1 Å². The summed E-state index contributed by atoms with van der Waals surface area (Å²) in [5, 5.41) is 5.83. The molecule has 1 aliphatic rings. The third-order valence-corrected chi connectivity index (χ3v) is 3.44. The van der Waals surface area contributed by atoms with Crippen molar-refractivity contribution in [1.82, 2.24) is 5.32 Å². The van der Waals surface area contributed by atoms with E-state index in [0.717, 1.165) is 17.0 Å². The highest BCUT2D eigenvalue weighted by Gasteiger charge is 2.29. The lowest BCUT2D eigenvalue weighted by Gasteiger charge is -2.09. The van der Waals surface area contributed by atoms with Crippen LogP contribution in [0.25, 0.3) is 0 Å². The zero-order valence-corrected chi connectivity index (χ0v) is 11.8. The van der Waals surface area contributed by atoms with Gasteiger partial charge in [0.2, 0.25) is 5.91 Å². The Morgan fingerprint density at radius 1 is 1.05 bits per heavy atom. The highest BCUT2D eigenvalue weighted by atomic mass is 16.5. The van der Waals surface area contributed by atoms with Gasteiger partial charge >= 0.3 is 0 Å². The van der Waals surface area contributed by atoms with Crippen LogP contribution in [0.1, 0.15) is 11.6 Å². The first-order valence-electron chi connectivity index (χ1n) is 6.65. The van der Waals surface area contributed by atoms with Crippen LogP contribution >= 0.6 is 0 Å². The molecule has 0 aliphatic carbocycles. The van der Waals surface area contributed by atoms with E-state index in [0.29, 0.717) is 11.5 Å². The van der Waals surface area contributed by atoms with Gasteiger partial charge in [-0.15, -0.1) is 0 Å². The van der Waals surface area contributed by atoms with Gasteiger partial charge in [-0.3, -0.25) is 4.79 Å². The summed E-state index contributed by atoms with van der Waals surface area (Å²) in [7, 11) is 3.39. The maximum absolute atomic E-state index is 11.8. The van der Waals surface area contributed by atoms with Gasteiger partial charge in [0.25, 0.3) is 0 Å². The Hall–Kier alpha value is -2.53. The Kier molecular flexibility index (Phi) is 3.50. The van der Waals surface area contributed by atoms with Crippen molar-refractivity contribution in [2.24, 2.45) is 0 Å². The standard InChI is InChI=1S/C16H16N2O3/c1-17-15-13-8-7-12(9-14(13)18-16(15)19)21-11-5-3-10(20-2)4-6-11/h3-9,15,17H,1-2H3,(H,18,19). The fraction of sp³-hybridized carbons (Fsp3) is 0.188. The van der Waals surface area contributed by atoms with Crippen LogP contribution in [0.3, 0.4) is 0 Å². The average Bonchev–Trinajstić information content (AvgIpc) is 2.82. The molecule has 1 heterocycles. The van der Waals surface area contributed by atoms with Gasteiger partial charge in [0, 0.05) is 17.3 Å². The van der Waals surface area contributed by atoms with Crippen LogP contribution in [0, 0.1) is 0 Å². The second-order valence-electron chi connectivity index (χ2n) is 4.74. The van der Waals surface area contributed by atoms with Crippen molar-refractivity contribution in [1.29, 1.82) is 0 Å². The van der Waals surface area contributed by atoms with Crippen molar-refractivity contribution in [3.05, 3.63) is 48.0 Å². The number of likely N-dealkylation sites (N-methyl/N-ethyl adjacent to an activating group) is 1. The fourth-order valence-electron chi connectivity index (χ4n) is 2.37. The van der Waals surface area contributed by atoms with Crippen molar-refractivity contribution in [3.8, 4) is 17.2 Å². The number of hydrogen-bond acceptors (Lipinski definition) is 4. The molecule has 2 N–H and O–H groups in total. The summed E-state index contributed by atoms with van der Waals surface area (Å²) in [6, 6.07) is 12.6. The van der Waals surface area contributed by atoms with E-state index in [4.69, 9.17) is 9.47 Å². The monoisotopic (exact) mass is 284 g/mol. The topological polar surface area (TPSA) is 59.6 Å². The molecule has 5 nitrogen and oxygen atoms in total. The number of rotatable bonds is 4. The normalized spacial score (nSPS) is 16.3. The minimum Gasteiger partial charge on any atom is -0.497 e. The SMILES string of the molecule is CNC1C(=O)Nc2cc(Oc3ccc(OC)cc3)ccc21. The Morgan fingerprint density at radius 3 is 2.38 bits per heavy atom. The van der Waals surface area contributed by atoms with Crippen LogP contribution in [0.15, 0.2) is 42.5 Å². The van der Waals surface area contributed by atoms with E-state index in [9.17, 15) is 4.79 Å². The summed E-state index contributed by atoms with van der Waals surface area (Å²) in [4.78, 5) is 11.8. The lowest BCUT2D eigenvalue weighted by Crippen LogP contribution is -2.23. The molecule has 0 bridgehead atoms. The van der Waals surface area contributed by atoms with Crippen LogP contribution in [0.4, 0.5) is 5.69 Å². The molecule has 2 aromatic carbocycles. The van der Waals surface area contributed by atoms with Gasteiger partial charge in [-0.25, -0.2) is 0 Å². The molecule has 0 fully saturated rings. The summed E-state index contributed by atoms with van der Waals surface area (Å²) in [5.41, 5.74) is 1.72. The second kappa shape index (κ2) is 5.46. The Balaban J connectivity index is 1.81. The van der Waals surface area contributed by atoms with Crippen LogP contribution in [-0.4, -0.2) is 20.1 Å². The Labute approximate surface area is 122 Å². The number of hydrogen-bond donors (Lipinski definition) is 2. The number of carbonyl (C=O) groups excluding carboxylic acids is 1. The smallest absolute Gasteiger partial charge is 0.246 e. The molecule has 0 saturated carbocycles. The van der Waals surface area contributed by atoms with Crippen LogP contribution < -0.4 is 20.1 Å². The molecule has 1 amide bonds. The minimum atomic E-state index is -0.296. The van der Waals surface area contributed by atoms with E-state index in [1.807, 2.05) is 42.5 Å². The van der Waals surface area contributed by atoms with Gasteiger partial charge in [-0.1, -0.05) is 6.07 Å². The maximum atomic E-state index is 11.8. The first kappa shape index (κ1) is 13.5. The summed E-state index contributed by atoms with van der Waals surface area (Å²) in [6.45, 7) is 0. The van der Waals surface area contributed by atoms with Crippen LogP contribution in [0.5, 0.6) is 17.2 Å². The third-order valence-electron chi connectivity index (χ3n) is 3.44. The van der Waals surface area contributed by atoms with E-state index >= 15 is 0 Å². The molecule has 1 atom stereocenters. The lowest BCUT2D eigenvalue weighted by atomic mass is 10.1. The quantitative estimate of drug-likeness (QED) is 0.906. The molecule has 0 aromatic heterocycles. The minimum absolute atomic E-state index is 0.0471. The Morgan fingerprint density at radius 2 is 1.71 bits per heavy atom. The van der Waals surface area contributed by atoms with Gasteiger partial charge in [0.15, 0.2) is 0 Å². The van der Waals surface area contributed by atoms with Crippen molar-refractivity contribution in [3.63, 3.8) is 0 Å². The molecule has 0 saturated heterocycles. The molecule has 108 valence electrons. The van der Waals surface area contributed by atoms with Crippen molar-refractivity contribution in [2.45, 2.75) is 6.04 Å². The predicted molar refractivity (Wildman–Crippen MR) is 79.9 cm³/mol. The van der Waals surface area contributed by atoms with Crippen LogP contribution in [-0.2, 0) is 4.79 Å². The zero-order valence-electron chi connectivity index (χ0n) is 11.8. The van der Waals surface area contributed by atoms with Crippen molar-refractivity contribution >= 4 is 11.6 Å². The molecular formula is C16H16N2O3. The number of methoxy groups -OCH3 is 1. The Bertz CT molecular complexity index is 668. The molecule has 3 rings (SSSR count). The summed E-state index contributed by atoms with van der Waals surface area (Å²) < 4.78 is 10.9. The van der Waals surface area contributed by atoms with E-state index < -0.39 is 0 Å². The molecule has 2 aromatic rings. The molecule has 21 heavy (non-hydrogen) atoms. The van der Waals surface area contributed by atoms with Gasteiger partial charge in [-0.05, 0) is 37.4 Å². The number of fused-ring (bicyclic) bond motifs is 1. The second-order valence-corrected chi connectivity index (χ2v) is 4.74. The summed E-state index contributed by atoms with van der Waals surface area (Å²) in [6.07, 6.45) is 0. The maximum Gasteiger partial charge on any atom is 0.246 e. The van der Waals surface area contributed by atoms with E-state index in [1.165, 1.54) is 0 Å². The van der Waals surface area contributed by atoms with E-state index in [-0.39, 0.29) is 11.9 Å². The lowest BCUT2D eigenvalue weighted by molar-refractivity contribution is -0.117. The zero-order chi connectivity index (χ0) is 14.8. The van der Waals surface area contributed by atoms with Gasteiger partial charge in [0.05, 0.1) is 7.11 Å².